The smallest absolute Gasteiger partial charge is 0.252 e. The van der Waals surface area contributed by atoms with Gasteiger partial charge in [0.05, 0.1) is 16.8 Å². The van der Waals surface area contributed by atoms with Gasteiger partial charge in [0.25, 0.3) is 5.91 Å². The third kappa shape index (κ3) is 3.74. The predicted octanol–water partition coefficient (Wildman–Crippen LogP) is 4.77. The van der Waals surface area contributed by atoms with Gasteiger partial charge in [0.1, 0.15) is 0 Å². The zero-order valence-electron chi connectivity index (χ0n) is 16.0. The summed E-state index contributed by atoms with van der Waals surface area (Å²) in [4.78, 5) is 21.9. The van der Waals surface area contributed by atoms with E-state index in [4.69, 9.17) is 4.98 Å². The van der Waals surface area contributed by atoms with Crippen molar-refractivity contribution in [1.82, 2.24) is 15.3 Å². The molecule has 0 spiro atoms. The highest BCUT2D eigenvalue weighted by Gasteiger charge is 2.23. The molecule has 1 atom stereocenters. The Balaban J connectivity index is 2.12. The molecule has 26 heavy (non-hydrogen) atoms. The van der Waals surface area contributed by atoms with Crippen LogP contribution in [-0.4, -0.2) is 21.9 Å². The Labute approximate surface area is 154 Å². The molecule has 0 aliphatic rings. The van der Waals surface area contributed by atoms with E-state index in [9.17, 15) is 4.79 Å². The van der Waals surface area contributed by atoms with Gasteiger partial charge in [0.2, 0.25) is 0 Å². The summed E-state index contributed by atoms with van der Waals surface area (Å²) in [6, 6.07) is 11.7. The van der Waals surface area contributed by atoms with E-state index in [0.29, 0.717) is 5.56 Å². The molecule has 0 aliphatic carbocycles. The molecule has 0 aliphatic heterocycles. The van der Waals surface area contributed by atoms with Gasteiger partial charge < -0.3 is 5.32 Å². The molecular formula is C22H25N3O. The fourth-order valence-corrected chi connectivity index (χ4v) is 2.69. The third-order valence-electron chi connectivity index (χ3n) is 4.83. The first kappa shape index (κ1) is 18.1. The quantitative estimate of drug-likeness (QED) is 0.742. The normalized spacial score (nSPS) is 12.8. The van der Waals surface area contributed by atoms with Crippen LogP contribution in [0.5, 0.6) is 0 Å². The maximum absolute atomic E-state index is 13.1. The molecule has 0 bridgehead atoms. The molecular weight excluding hydrogens is 322 g/mol. The van der Waals surface area contributed by atoms with Gasteiger partial charge >= 0.3 is 0 Å². The van der Waals surface area contributed by atoms with E-state index >= 15 is 0 Å². The number of amides is 1. The number of pyridine rings is 2. The van der Waals surface area contributed by atoms with Gasteiger partial charge in [-0.1, -0.05) is 32.4 Å². The number of aromatic nitrogens is 2. The van der Waals surface area contributed by atoms with Gasteiger partial charge in [-0.15, -0.1) is 0 Å². The van der Waals surface area contributed by atoms with Crippen molar-refractivity contribution >= 4 is 16.8 Å². The lowest BCUT2D eigenvalue weighted by molar-refractivity contribution is 0.0912. The standard InChI is InChI=1S/C22H25N3O/c1-14-6-7-19-17(12-14)18(21(26)24-15(2)22(3,4)5)13-20(25-19)16-8-10-23-11-9-16/h6-13,15H,1-5H3,(H,24,26)/t15-/m0/s1. The number of aryl methyl sites for hydroxylation is 1. The minimum atomic E-state index is -0.0688. The molecule has 3 rings (SSSR count). The molecule has 1 N–H and O–H groups in total. The fraction of sp³-hybridized carbons (Fsp3) is 0.318. The summed E-state index contributed by atoms with van der Waals surface area (Å²) in [5.41, 5.74) is 4.29. The second-order valence-electron chi connectivity index (χ2n) is 7.87. The number of fused-ring (bicyclic) bond motifs is 1. The van der Waals surface area contributed by atoms with Crippen molar-refractivity contribution in [3.63, 3.8) is 0 Å². The molecule has 2 heterocycles. The van der Waals surface area contributed by atoms with Crippen LogP contribution in [0.3, 0.4) is 0 Å². The second-order valence-corrected chi connectivity index (χ2v) is 7.87. The third-order valence-corrected chi connectivity index (χ3v) is 4.83. The average molecular weight is 347 g/mol. The summed E-state index contributed by atoms with van der Waals surface area (Å²) in [6.07, 6.45) is 3.47. The number of nitrogens with one attached hydrogen (secondary N) is 1. The maximum atomic E-state index is 13.1. The van der Waals surface area contributed by atoms with Crippen molar-refractivity contribution < 1.29 is 4.79 Å². The molecule has 0 saturated heterocycles. The number of hydrogen-bond donors (Lipinski definition) is 1. The van der Waals surface area contributed by atoms with Crippen molar-refractivity contribution in [1.29, 1.82) is 0 Å². The number of benzene rings is 1. The largest absolute Gasteiger partial charge is 0.349 e. The van der Waals surface area contributed by atoms with E-state index in [1.54, 1.807) is 12.4 Å². The average Bonchev–Trinajstić information content (AvgIpc) is 2.60. The lowest BCUT2D eigenvalue weighted by atomic mass is 9.88. The highest BCUT2D eigenvalue weighted by Crippen LogP contribution is 2.26. The maximum Gasteiger partial charge on any atom is 0.252 e. The monoisotopic (exact) mass is 347 g/mol. The zero-order chi connectivity index (χ0) is 18.9. The van der Waals surface area contributed by atoms with Crippen LogP contribution in [0, 0.1) is 12.3 Å². The molecule has 2 aromatic heterocycles. The summed E-state index contributed by atoms with van der Waals surface area (Å²) in [6.45, 7) is 10.4. The van der Waals surface area contributed by atoms with Crippen LogP contribution < -0.4 is 5.32 Å². The molecule has 0 radical (unpaired) electrons. The van der Waals surface area contributed by atoms with Gasteiger partial charge in [-0.2, -0.15) is 0 Å². The van der Waals surface area contributed by atoms with Crippen molar-refractivity contribution in [2.75, 3.05) is 0 Å². The van der Waals surface area contributed by atoms with Gasteiger partial charge in [0.15, 0.2) is 0 Å². The van der Waals surface area contributed by atoms with E-state index in [2.05, 4.69) is 31.1 Å². The number of carbonyl (C=O) groups excluding carboxylic acids is 1. The minimum Gasteiger partial charge on any atom is -0.349 e. The van der Waals surface area contributed by atoms with Crippen LogP contribution in [0.2, 0.25) is 0 Å². The Kier molecular flexibility index (Phi) is 4.77. The van der Waals surface area contributed by atoms with Crippen molar-refractivity contribution in [3.05, 3.63) is 59.9 Å². The second kappa shape index (κ2) is 6.87. The number of hydrogen-bond acceptors (Lipinski definition) is 3. The van der Waals surface area contributed by atoms with Gasteiger partial charge in [0, 0.05) is 29.4 Å². The van der Waals surface area contributed by atoms with Crippen molar-refractivity contribution in [2.24, 2.45) is 5.41 Å². The molecule has 3 aromatic rings. The Morgan fingerprint density at radius 3 is 2.42 bits per heavy atom. The van der Waals surface area contributed by atoms with E-state index in [0.717, 1.165) is 27.7 Å². The predicted molar refractivity (Wildman–Crippen MR) is 106 cm³/mol. The lowest BCUT2D eigenvalue weighted by Crippen LogP contribution is -2.41. The van der Waals surface area contributed by atoms with Crippen LogP contribution in [-0.2, 0) is 0 Å². The first-order valence-corrected chi connectivity index (χ1v) is 8.88. The first-order valence-electron chi connectivity index (χ1n) is 8.88. The number of rotatable bonds is 3. The topological polar surface area (TPSA) is 54.9 Å². The lowest BCUT2D eigenvalue weighted by Gasteiger charge is -2.28. The summed E-state index contributed by atoms with van der Waals surface area (Å²) in [7, 11) is 0. The highest BCUT2D eigenvalue weighted by atomic mass is 16.1. The first-order chi connectivity index (χ1) is 12.3. The van der Waals surface area contributed by atoms with E-state index in [1.807, 2.05) is 50.2 Å². The Hall–Kier alpha value is -2.75. The molecule has 0 saturated carbocycles. The summed E-state index contributed by atoms with van der Waals surface area (Å²) in [5, 5.41) is 4.02. The molecule has 4 heteroatoms. The Morgan fingerprint density at radius 1 is 1.08 bits per heavy atom. The minimum absolute atomic E-state index is 0.0116. The number of nitrogens with zero attached hydrogens (tertiary/aromatic N) is 2. The van der Waals surface area contributed by atoms with Crippen LogP contribution in [0.25, 0.3) is 22.2 Å². The fourth-order valence-electron chi connectivity index (χ4n) is 2.69. The Bertz CT molecular complexity index is 943. The van der Waals surface area contributed by atoms with E-state index in [-0.39, 0.29) is 17.4 Å². The molecule has 4 nitrogen and oxygen atoms in total. The Morgan fingerprint density at radius 2 is 1.77 bits per heavy atom. The van der Waals surface area contributed by atoms with Gasteiger partial charge in [-0.05, 0) is 49.6 Å². The molecule has 0 unspecified atom stereocenters. The van der Waals surface area contributed by atoms with E-state index < -0.39 is 0 Å². The van der Waals surface area contributed by atoms with Crippen LogP contribution >= 0.6 is 0 Å². The molecule has 1 aromatic carbocycles. The molecule has 134 valence electrons. The molecule has 1 amide bonds. The van der Waals surface area contributed by atoms with Crippen LogP contribution in [0.1, 0.15) is 43.6 Å². The number of carbonyl (C=O) groups is 1. The molecule has 0 fully saturated rings. The summed E-state index contributed by atoms with van der Waals surface area (Å²) in [5.74, 6) is -0.0688. The van der Waals surface area contributed by atoms with E-state index in [1.165, 1.54) is 0 Å². The van der Waals surface area contributed by atoms with Crippen molar-refractivity contribution in [3.8, 4) is 11.3 Å². The zero-order valence-corrected chi connectivity index (χ0v) is 16.0. The summed E-state index contributed by atoms with van der Waals surface area (Å²) < 4.78 is 0. The summed E-state index contributed by atoms with van der Waals surface area (Å²) >= 11 is 0. The van der Waals surface area contributed by atoms with Crippen LogP contribution in [0.15, 0.2) is 48.8 Å². The van der Waals surface area contributed by atoms with Gasteiger partial charge in [-0.3, -0.25) is 9.78 Å². The van der Waals surface area contributed by atoms with Gasteiger partial charge in [-0.25, -0.2) is 4.98 Å². The highest BCUT2D eigenvalue weighted by molar-refractivity contribution is 6.07. The van der Waals surface area contributed by atoms with Crippen LogP contribution in [0.4, 0.5) is 0 Å². The SMILES string of the molecule is Cc1ccc2nc(-c3ccncc3)cc(C(=O)N[C@@H](C)C(C)(C)C)c2c1. The van der Waals surface area contributed by atoms with Crippen molar-refractivity contribution in [2.45, 2.75) is 40.7 Å².